The lowest BCUT2D eigenvalue weighted by molar-refractivity contribution is 0.459. The molecule has 19 heavy (non-hydrogen) atoms. The summed E-state index contributed by atoms with van der Waals surface area (Å²) in [6.07, 6.45) is 0. The van der Waals surface area contributed by atoms with E-state index in [-0.39, 0.29) is 15.1 Å². The highest BCUT2D eigenvalue weighted by atomic mass is 79.9. The van der Waals surface area contributed by atoms with Crippen molar-refractivity contribution in [2.75, 3.05) is 0 Å². The third-order valence-corrected chi connectivity index (χ3v) is 4.28. The van der Waals surface area contributed by atoms with Crippen molar-refractivity contribution in [2.24, 2.45) is 0 Å². The molecule has 0 aliphatic rings. The summed E-state index contributed by atoms with van der Waals surface area (Å²) in [5, 5.41) is 0. The summed E-state index contributed by atoms with van der Waals surface area (Å²) in [5.41, 5.74) is 0.922. The summed E-state index contributed by atoms with van der Waals surface area (Å²) in [6, 6.07) is 10.2. The van der Waals surface area contributed by atoms with Crippen LogP contribution in [-0.4, -0.2) is 8.42 Å². The molecular formula is C13H10BrFO3S. The summed E-state index contributed by atoms with van der Waals surface area (Å²) >= 11 is 3.05. The van der Waals surface area contributed by atoms with E-state index in [1.807, 2.05) is 6.92 Å². The van der Waals surface area contributed by atoms with E-state index in [1.54, 1.807) is 12.1 Å². The number of hydrogen-bond donors (Lipinski definition) is 0. The first-order chi connectivity index (χ1) is 8.90. The first-order valence-electron chi connectivity index (χ1n) is 5.35. The molecule has 2 rings (SSSR count). The molecule has 0 amide bonds. The Balaban J connectivity index is 2.39. The fraction of sp³-hybridized carbons (Fsp3) is 0.0769. The molecule has 0 saturated carbocycles. The van der Waals surface area contributed by atoms with Crippen molar-refractivity contribution in [3.63, 3.8) is 0 Å². The van der Waals surface area contributed by atoms with Crippen molar-refractivity contribution in [3.8, 4) is 5.75 Å². The van der Waals surface area contributed by atoms with E-state index >= 15 is 0 Å². The van der Waals surface area contributed by atoms with Gasteiger partial charge in [0.15, 0.2) is 11.6 Å². The maximum atomic E-state index is 13.5. The maximum absolute atomic E-state index is 13.5. The van der Waals surface area contributed by atoms with E-state index in [9.17, 15) is 12.8 Å². The molecule has 6 heteroatoms. The van der Waals surface area contributed by atoms with Gasteiger partial charge in [-0.15, -0.1) is 0 Å². The molecule has 0 aromatic heterocycles. The SMILES string of the molecule is Cc1ccc(S(=O)(=O)Oc2c(F)cccc2Br)cc1. The maximum Gasteiger partial charge on any atom is 0.339 e. The molecule has 2 aromatic rings. The lowest BCUT2D eigenvalue weighted by atomic mass is 10.2. The highest BCUT2D eigenvalue weighted by molar-refractivity contribution is 9.10. The third-order valence-electron chi connectivity index (χ3n) is 2.42. The minimum absolute atomic E-state index is 0.0201. The first-order valence-corrected chi connectivity index (χ1v) is 7.55. The third kappa shape index (κ3) is 3.13. The van der Waals surface area contributed by atoms with Crippen LogP contribution in [0.25, 0.3) is 0 Å². The van der Waals surface area contributed by atoms with E-state index in [1.165, 1.54) is 24.3 Å². The molecule has 100 valence electrons. The fourth-order valence-electron chi connectivity index (χ4n) is 1.42. The minimum Gasteiger partial charge on any atom is -0.375 e. The minimum atomic E-state index is -4.05. The van der Waals surface area contributed by atoms with Crippen molar-refractivity contribution < 1.29 is 17.0 Å². The van der Waals surface area contributed by atoms with Crippen molar-refractivity contribution >= 4 is 26.0 Å². The topological polar surface area (TPSA) is 43.4 Å². The number of halogens is 2. The predicted molar refractivity (Wildman–Crippen MR) is 73.1 cm³/mol. The zero-order chi connectivity index (χ0) is 14.0. The van der Waals surface area contributed by atoms with Crippen LogP contribution in [0.15, 0.2) is 51.8 Å². The average Bonchev–Trinajstić information content (AvgIpc) is 2.35. The summed E-state index contributed by atoms with van der Waals surface area (Å²) in [7, 11) is -4.05. The standard InChI is InChI=1S/C13H10BrFO3S/c1-9-5-7-10(8-6-9)19(16,17)18-13-11(14)3-2-4-12(13)15/h2-8H,1H3. The van der Waals surface area contributed by atoms with Crippen LogP contribution in [0.3, 0.4) is 0 Å². The molecule has 0 aliphatic carbocycles. The Labute approximate surface area is 119 Å². The van der Waals surface area contributed by atoms with Crippen LogP contribution in [0.1, 0.15) is 5.56 Å². The zero-order valence-electron chi connectivity index (χ0n) is 9.93. The van der Waals surface area contributed by atoms with Crippen molar-refractivity contribution in [1.29, 1.82) is 0 Å². The molecule has 0 radical (unpaired) electrons. The van der Waals surface area contributed by atoms with Crippen LogP contribution in [0.4, 0.5) is 4.39 Å². The molecule has 0 unspecified atom stereocenters. The summed E-state index contributed by atoms with van der Waals surface area (Å²) in [4.78, 5) is -0.0201. The molecule has 0 aliphatic heterocycles. The average molecular weight is 345 g/mol. The van der Waals surface area contributed by atoms with Gasteiger partial charge in [0.25, 0.3) is 0 Å². The van der Waals surface area contributed by atoms with Crippen LogP contribution >= 0.6 is 15.9 Å². The van der Waals surface area contributed by atoms with Crippen molar-refractivity contribution in [3.05, 3.63) is 58.3 Å². The normalized spacial score (nSPS) is 11.3. The lowest BCUT2D eigenvalue weighted by Crippen LogP contribution is -2.11. The van der Waals surface area contributed by atoms with Gasteiger partial charge in [0.2, 0.25) is 0 Å². The molecular weight excluding hydrogens is 335 g/mol. The molecule has 2 aromatic carbocycles. The van der Waals surface area contributed by atoms with Gasteiger partial charge in [-0.25, -0.2) is 4.39 Å². The van der Waals surface area contributed by atoms with Gasteiger partial charge in [-0.05, 0) is 47.1 Å². The zero-order valence-corrected chi connectivity index (χ0v) is 12.3. The van der Waals surface area contributed by atoms with E-state index in [0.717, 1.165) is 11.6 Å². The van der Waals surface area contributed by atoms with E-state index in [0.29, 0.717) is 0 Å². The van der Waals surface area contributed by atoms with E-state index in [2.05, 4.69) is 15.9 Å². The largest absolute Gasteiger partial charge is 0.375 e. The second-order valence-electron chi connectivity index (χ2n) is 3.90. The smallest absolute Gasteiger partial charge is 0.339 e. The van der Waals surface area contributed by atoms with Crippen LogP contribution in [-0.2, 0) is 10.1 Å². The van der Waals surface area contributed by atoms with Gasteiger partial charge >= 0.3 is 10.1 Å². The summed E-state index contributed by atoms with van der Waals surface area (Å²) < 4.78 is 42.6. The quantitative estimate of drug-likeness (QED) is 0.798. The highest BCUT2D eigenvalue weighted by Gasteiger charge is 2.20. The number of rotatable bonds is 3. The Morgan fingerprint density at radius 1 is 1.11 bits per heavy atom. The van der Waals surface area contributed by atoms with Crippen molar-refractivity contribution in [2.45, 2.75) is 11.8 Å². The highest BCUT2D eigenvalue weighted by Crippen LogP contribution is 2.30. The van der Waals surface area contributed by atoms with Crippen LogP contribution in [0, 0.1) is 12.7 Å². The Morgan fingerprint density at radius 3 is 2.32 bits per heavy atom. The molecule has 0 heterocycles. The fourth-order valence-corrected chi connectivity index (χ4v) is 2.91. The van der Waals surface area contributed by atoms with E-state index in [4.69, 9.17) is 4.18 Å². The molecule has 0 saturated heterocycles. The van der Waals surface area contributed by atoms with Gasteiger partial charge < -0.3 is 4.18 Å². The predicted octanol–water partition coefficient (Wildman–Crippen LogP) is 3.66. The number of para-hydroxylation sites is 1. The number of hydrogen-bond acceptors (Lipinski definition) is 3. The van der Waals surface area contributed by atoms with Crippen molar-refractivity contribution in [1.82, 2.24) is 0 Å². The van der Waals surface area contributed by atoms with Gasteiger partial charge in [-0.2, -0.15) is 8.42 Å². The van der Waals surface area contributed by atoms with Crippen LogP contribution in [0.2, 0.25) is 0 Å². The molecule has 0 bridgehead atoms. The van der Waals surface area contributed by atoms with E-state index < -0.39 is 15.9 Å². The molecule has 0 spiro atoms. The molecule has 0 atom stereocenters. The lowest BCUT2D eigenvalue weighted by Gasteiger charge is -2.09. The van der Waals surface area contributed by atoms with Gasteiger partial charge in [-0.3, -0.25) is 0 Å². The van der Waals surface area contributed by atoms with Crippen LogP contribution < -0.4 is 4.18 Å². The number of aryl methyl sites for hydroxylation is 1. The van der Waals surface area contributed by atoms with Gasteiger partial charge in [0.1, 0.15) is 4.90 Å². The summed E-state index contributed by atoms with van der Waals surface area (Å²) in [6.45, 7) is 1.84. The Kier molecular flexibility index (Phi) is 3.91. The summed E-state index contributed by atoms with van der Waals surface area (Å²) in [5.74, 6) is -1.09. The Bertz CT molecular complexity index is 676. The van der Waals surface area contributed by atoms with Gasteiger partial charge in [-0.1, -0.05) is 23.8 Å². The molecule has 0 N–H and O–H groups in total. The van der Waals surface area contributed by atoms with Crippen LogP contribution in [0.5, 0.6) is 5.75 Å². The van der Waals surface area contributed by atoms with Gasteiger partial charge in [0, 0.05) is 0 Å². The Morgan fingerprint density at radius 2 is 1.74 bits per heavy atom. The second-order valence-corrected chi connectivity index (χ2v) is 6.30. The number of benzene rings is 2. The second kappa shape index (κ2) is 5.30. The monoisotopic (exact) mass is 344 g/mol. The molecule has 3 nitrogen and oxygen atoms in total. The molecule has 0 fully saturated rings. The first kappa shape index (κ1) is 14.0. The Hall–Kier alpha value is -1.40. The van der Waals surface area contributed by atoms with Gasteiger partial charge in [0.05, 0.1) is 4.47 Å².